The van der Waals surface area contributed by atoms with Crippen LogP contribution in [0.4, 0.5) is 0 Å². The van der Waals surface area contributed by atoms with Crippen LogP contribution in [-0.4, -0.2) is 27.5 Å². The number of amides is 1. The second kappa shape index (κ2) is 6.50. The van der Waals surface area contributed by atoms with Crippen molar-refractivity contribution >= 4 is 13.5 Å². The van der Waals surface area contributed by atoms with Crippen LogP contribution in [0.15, 0.2) is 0 Å². The Balaban J connectivity index is 4.58. The number of carbonyl (C=O) groups is 1. The van der Waals surface area contributed by atoms with Crippen LogP contribution in [0.1, 0.15) is 34.1 Å². The lowest BCUT2D eigenvalue weighted by molar-refractivity contribution is -0.123. The third-order valence-electron chi connectivity index (χ3n) is 2.35. The second-order valence-electron chi connectivity index (χ2n) is 5.02. The summed E-state index contributed by atoms with van der Waals surface area (Å²) in [6, 6.07) is -0.734. The van der Waals surface area contributed by atoms with E-state index in [1.54, 1.807) is 13.8 Å². The molecule has 0 saturated carbocycles. The molecule has 0 aliphatic rings. The molecule has 5 N–H and O–H groups in total. The smallest absolute Gasteiger partial charge is 0.340 e. The molecule has 0 saturated heterocycles. The van der Waals surface area contributed by atoms with E-state index in [1.807, 2.05) is 13.8 Å². The molecule has 1 amide bonds. The molecule has 0 heterocycles. The number of hydrogen-bond acceptors (Lipinski definition) is 3. The molecule has 0 unspecified atom stereocenters. The first-order chi connectivity index (χ1) is 7.55. The topological polar surface area (TPSA) is 113 Å². The summed E-state index contributed by atoms with van der Waals surface area (Å²) in [6.45, 7) is 7.13. The molecule has 102 valence electrons. The van der Waals surface area contributed by atoms with Crippen LogP contribution in [-0.2, 0) is 9.36 Å². The molecule has 0 rings (SSSR count). The zero-order valence-corrected chi connectivity index (χ0v) is 11.6. The summed E-state index contributed by atoms with van der Waals surface area (Å²) in [4.78, 5) is 29.9. The average Bonchev–Trinajstić information content (AvgIpc) is 2.09. The molecule has 0 radical (unpaired) electrons. The summed E-state index contributed by atoms with van der Waals surface area (Å²) < 4.78 is 11.2. The molecular formula is C10H23N2O4P. The Kier molecular flexibility index (Phi) is 6.34. The average molecular weight is 266 g/mol. The van der Waals surface area contributed by atoms with Gasteiger partial charge in [0.2, 0.25) is 5.91 Å². The van der Waals surface area contributed by atoms with Gasteiger partial charge in [0, 0.05) is 0 Å². The number of carbonyl (C=O) groups excluding carboxylic acids is 1. The summed E-state index contributed by atoms with van der Waals surface area (Å²) in [7, 11) is -4.35. The largest absolute Gasteiger partial charge is 0.347 e. The minimum absolute atomic E-state index is 0.253. The van der Waals surface area contributed by atoms with Gasteiger partial charge in [-0.15, -0.1) is 0 Å². The summed E-state index contributed by atoms with van der Waals surface area (Å²) >= 11 is 0. The molecule has 0 aromatic rings. The lowest BCUT2D eigenvalue weighted by atomic mass is 10.0. The highest BCUT2D eigenvalue weighted by atomic mass is 31.2. The van der Waals surface area contributed by atoms with Crippen molar-refractivity contribution in [3.8, 4) is 0 Å². The number of nitrogens with two attached hydrogens (primary N) is 1. The Labute approximate surface area is 102 Å². The molecule has 0 spiro atoms. The molecule has 2 atom stereocenters. The SMILES string of the molecule is CC(C)C[C@H](N)C(=O)N[C@@H](C(C)C)P(=O)(O)O. The fourth-order valence-electron chi connectivity index (χ4n) is 1.51. The highest BCUT2D eigenvalue weighted by Gasteiger charge is 2.34. The molecule has 6 nitrogen and oxygen atoms in total. The maximum absolute atomic E-state index is 11.7. The van der Waals surface area contributed by atoms with E-state index in [2.05, 4.69) is 5.32 Å². The van der Waals surface area contributed by atoms with E-state index in [1.165, 1.54) is 0 Å². The fraction of sp³-hybridized carbons (Fsp3) is 0.900. The van der Waals surface area contributed by atoms with Crippen LogP contribution in [0.3, 0.4) is 0 Å². The van der Waals surface area contributed by atoms with Crippen molar-refractivity contribution in [2.75, 3.05) is 0 Å². The quantitative estimate of drug-likeness (QED) is 0.527. The van der Waals surface area contributed by atoms with E-state index in [0.717, 1.165) is 0 Å². The van der Waals surface area contributed by atoms with Crippen molar-refractivity contribution in [2.24, 2.45) is 17.6 Å². The van der Waals surface area contributed by atoms with Crippen LogP contribution in [0.2, 0.25) is 0 Å². The Bertz CT molecular complexity index is 301. The standard InChI is InChI=1S/C10H23N2O4P/c1-6(2)5-8(11)9(13)12-10(7(3)4)17(14,15)16/h6-8,10H,5,11H2,1-4H3,(H,12,13)(H2,14,15,16)/t8-,10+/m0/s1. The minimum atomic E-state index is -4.35. The van der Waals surface area contributed by atoms with E-state index in [0.29, 0.717) is 6.42 Å². The predicted molar refractivity (Wildman–Crippen MR) is 66.2 cm³/mol. The minimum Gasteiger partial charge on any atom is -0.340 e. The van der Waals surface area contributed by atoms with Gasteiger partial charge in [0.15, 0.2) is 0 Å². The van der Waals surface area contributed by atoms with Crippen molar-refractivity contribution in [3.63, 3.8) is 0 Å². The number of rotatable bonds is 6. The van der Waals surface area contributed by atoms with E-state index < -0.39 is 25.3 Å². The lowest BCUT2D eigenvalue weighted by Crippen LogP contribution is -2.47. The van der Waals surface area contributed by atoms with Crippen LogP contribution in [0.25, 0.3) is 0 Å². The third-order valence-corrected chi connectivity index (χ3v) is 3.80. The summed E-state index contributed by atoms with van der Waals surface area (Å²) in [5, 5.41) is 2.33. The van der Waals surface area contributed by atoms with Gasteiger partial charge < -0.3 is 20.8 Å². The molecule has 0 bridgehead atoms. The zero-order valence-electron chi connectivity index (χ0n) is 10.8. The first-order valence-corrected chi connectivity index (χ1v) is 7.35. The summed E-state index contributed by atoms with van der Waals surface area (Å²) in [6.07, 6.45) is 0.484. The molecule has 17 heavy (non-hydrogen) atoms. The van der Waals surface area contributed by atoms with Gasteiger partial charge in [-0.1, -0.05) is 27.7 Å². The van der Waals surface area contributed by atoms with Gasteiger partial charge in [-0.05, 0) is 18.3 Å². The van der Waals surface area contributed by atoms with Crippen LogP contribution >= 0.6 is 7.60 Å². The Hall–Kier alpha value is -0.420. The van der Waals surface area contributed by atoms with Gasteiger partial charge in [-0.25, -0.2) is 0 Å². The van der Waals surface area contributed by atoms with Gasteiger partial charge in [0.05, 0.1) is 6.04 Å². The first-order valence-electron chi connectivity index (χ1n) is 5.66. The highest BCUT2D eigenvalue weighted by Crippen LogP contribution is 2.43. The van der Waals surface area contributed by atoms with Gasteiger partial charge in [-0.3, -0.25) is 9.36 Å². The van der Waals surface area contributed by atoms with Crippen LogP contribution in [0, 0.1) is 11.8 Å². The monoisotopic (exact) mass is 266 g/mol. The van der Waals surface area contributed by atoms with E-state index in [4.69, 9.17) is 15.5 Å². The van der Waals surface area contributed by atoms with E-state index in [-0.39, 0.29) is 11.8 Å². The van der Waals surface area contributed by atoms with Gasteiger partial charge >= 0.3 is 7.60 Å². The van der Waals surface area contributed by atoms with Gasteiger partial charge in [-0.2, -0.15) is 0 Å². The number of hydrogen-bond donors (Lipinski definition) is 4. The molecular weight excluding hydrogens is 243 g/mol. The van der Waals surface area contributed by atoms with Gasteiger partial charge in [0.25, 0.3) is 0 Å². The summed E-state index contributed by atoms with van der Waals surface area (Å²) in [5.41, 5.74) is 5.64. The van der Waals surface area contributed by atoms with E-state index >= 15 is 0 Å². The van der Waals surface area contributed by atoms with Crippen molar-refractivity contribution in [3.05, 3.63) is 0 Å². The Morgan fingerprint density at radius 3 is 2.06 bits per heavy atom. The Morgan fingerprint density at radius 2 is 1.76 bits per heavy atom. The van der Waals surface area contributed by atoms with Gasteiger partial charge in [0.1, 0.15) is 5.78 Å². The molecule has 0 aliphatic carbocycles. The maximum atomic E-state index is 11.7. The van der Waals surface area contributed by atoms with Crippen LogP contribution in [0.5, 0.6) is 0 Å². The first kappa shape index (κ1) is 16.6. The summed E-state index contributed by atoms with van der Waals surface area (Å²) in [5.74, 6) is -1.79. The fourth-order valence-corrected chi connectivity index (χ4v) is 2.58. The molecule has 0 fully saturated rings. The normalized spacial score (nSPS) is 16.1. The van der Waals surface area contributed by atoms with Crippen LogP contribution < -0.4 is 11.1 Å². The maximum Gasteiger partial charge on any atom is 0.347 e. The van der Waals surface area contributed by atoms with Crippen molar-refractivity contribution < 1.29 is 19.1 Å². The molecule has 0 aromatic carbocycles. The second-order valence-corrected chi connectivity index (χ2v) is 6.76. The Morgan fingerprint density at radius 1 is 1.29 bits per heavy atom. The highest BCUT2D eigenvalue weighted by molar-refractivity contribution is 7.52. The molecule has 7 heteroatoms. The number of nitrogens with one attached hydrogen (secondary N) is 1. The van der Waals surface area contributed by atoms with Crippen molar-refractivity contribution in [2.45, 2.75) is 45.9 Å². The predicted octanol–water partition coefficient (Wildman–Crippen LogP) is 0.636. The lowest BCUT2D eigenvalue weighted by Gasteiger charge is -2.25. The zero-order chi connectivity index (χ0) is 13.8. The molecule has 0 aliphatic heterocycles. The van der Waals surface area contributed by atoms with Crippen molar-refractivity contribution in [1.29, 1.82) is 0 Å². The van der Waals surface area contributed by atoms with E-state index in [9.17, 15) is 9.36 Å². The molecule has 0 aromatic heterocycles. The van der Waals surface area contributed by atoms with Crippen molar-refractivity contribution in [1.82, 2.24) is 5.32 Å². The third kappa shape index (κ3) is 6.17.